The number of rotatable bonds is 0. The van der Waals surface area contributed by atoms with Crippen molar-refractivity contribution >= 4 is 11.4 Å². The summed E-state index contributed by atoms with van der Waals surface area (Å²) in [6.45, 7) is 0. The van der Waals surface area contributed by atoms with Gasteiger partial charge < -0.3 is 0 Å². The van der Waals surface area contributed by atoms with Crippen molar-refractivity contribution in [2.45, 2.75) is 37.5 Å². The van der Waals surface area contributed by atoms with E-state index < -0.39 is 0 Å². The second kappa shape index (κ2) is 2.66. The Bertz CT molecular complexity index is 528. The SMILES string of the molecule is c1ccc2c(c1)N=C1C3C[C@@H]4C[C@H](C3)CC12C4. The zero-order valence-corrected chi connectivity index (χ0v) is 10.0. The highest BCUT2D eigenvalue weighted by Crippen LogP contribution is 2.63. The minimum absolute atomic E-state index is 0.394. The molecule has 2 unspecified atom stereocenters. The average molecular weight is 223 g/mol. The summed E-state index contributed by atoms with van der Waals surface area (Å²) >= 11 is 0. The lowest BCUT2D eigenvalue weighted by atomic mass is 9.47. The van der Waals surface area contributed by atoms with Gasteiger partial charge >= 0.3 is 0 Å². The fraction of sp³-hybridized carbons (Fsp3) is 0.562. The van der Waals surface area contributed by atoms with Crippen LogP contribution in [-0.4, -0.2) is 5.71 Å². The lowest BCUT2D eigenvalue weighted by Gasteiger charge is -2.56. The summed E-state index contributed by atoms with van der Waals surface area (Å²) in [4.78, 5) is 5.02. The van der Waals surface area contributed by atoms with Gasteiger partial charge in [-0.05, 0) is 61.5 Å². The Balaban J connectivity index is 1.79. The summed E-state index contributed by atoms with van der Waals surface area (Å²) < 4.78 is 0. The summed E-state index contributed by atoms with van der Waals surface area (Å²) in [6, 6.07) is 8.91. The van der Waals surface area contributed by atoms with Crippen LogP contribution in [0.3, 0.4) is 0 Å². The predicted molar refractivity (Wildman–Crippen MR) is 68.8 cm³/mol. The van der Waals surface area contributed by atoms with Crippen LogP contribution in [0, 0.1) is 17.8 Å². The first kappa shape index (κ1) is 8.91. The maximum Gasteiger partial charge on any atom is 0.0671 e. The van der Waals surface area contributed by atoms with Crippen LogP contribution in [0.25, 0.3) is 0 Å². The van der Waals surface area contributed by atoms with Crippen molar-refractivity contribution in [2.75, 3.05) is 0 Å². The summed E-state index contributed by atoms with van der Waals surface area (Å²) in [5.41, 5.74) is 4.82. The number of hydrogen-bond donors (Lipinski definition) is 0. The molecule has 4 bridgehead atoms. The minimum atomic E-state index is 0.394. The highest BCUT2D eigenvalue weighted by atomic mass is 14.9. The van der Waals surface area contributed by atoms with E-state index in [0.717, 1.165) is 17.8 Å². The molecule has 0 amide bonds. The normalized spacial score (nSPS) is 44.5. The molecule has 0 saturated heterocycles. The minimum Gasteiger partial charge on any atom is -0.256 e. The third-order valence-corrected chi connectivity index (χ3v) is 5.71. The third kappa shape index (κ3) is 0.919. The predicted octanol–water partition coefficient (Wildman–Crippen LogP) is 3.85. The first-order valence-corrected chi connectivity index (χ1v) is 7.04. The van der Waals surface area contributed by atoms with E-state index in [2.05, 4.69) is 24.3 Å². The quantitative estimate of drug-likeness (QED) is 0.633. The molecule has 6 rings (SSSR count). The van der Waals surface area contributed by atoms with E-state index in [1.165, 1.54) is 37.8 Å². The maximum absolute atomic E-state index is 5.02. The molecule has 0 N–H and O–H groups in total. The highest BCUT2D eigenvalue weighted by Gasteiger charge is 2.58. The zero-order chi connectivity index (χ0) is 11.0. The van der Waals surface area contributed by atoms with E-state index >= 15 is 0 Å². The van der Waals surface area contributed by atoms with E-state index in [1.807, 2.05) is 0 Å². The Morgan fingerprint density at radius 2 is 1.76 bits per heavy atom. The average Bonchev–Trinajstić information content (AvgIpc) is 2.64. The van der Waals surface area contributed by atoms with E-state index in [1.54, 1.807) is 11.3 Å². The molecule has 1 spiro atoms. The first-order valence-electron chi connectivity index (χ1n) is 7.04. The molecule has 1 aliphatic heterocycles. The maximum atomic E-state index is 5.02. The van der Waals surface area contributed by atoms with Gasteiger partial charge in [0.25, 0.3) is 0 Å². The Morgan fingerprint density at radius 3 is 2.59 bits per heavy atom. The second-order valence-electron chi connectivity index (χ2n) is 6.64. The van der Waals surface area contributed by atoms with Crippen LogP contribution in [0.15, 0.2) is 29.3 Å². The third-order valence-electron chi connectivity index (χ3n) is 5.71. The van der Waals surface area contributed by atoms with Crippen LogP contribution in [-0.2, 0) is 5.41 Å². The largest absolute Gasteiger partial charge is 0.256 e. The molecule has 4 saturated carbocycles. The lowest BCUT2D eigenvalue weighted by molar-refractivity contribution is 0.0901. The number of fused-ring (bicyclic) bond motifs is 1. The molecule has 4 aliphatic carbocycles. The van der Waals surface area contributed by atoms with Crippen molar-refractivity contribution in [1.29, 1.82) is 0 Å². The van der Waals surface area contributed by atoms with Crippen molar-refractivity contribution in [3.8, 4) is 0 Å². The van der Waals surface area contributed by atoms with Gasteiger partial charge in [0, 0.05) is 11.1 Å². The molecule has 0 radical (unpaired) electrons. The molecule has 5 aliphatic rings. The van der Waals surface area contributed by atoms with Crippen LogP contribution < -0.4 is 0 Å². The molecule has 1 heteroatoms. The van der Waals surface area contributed by atoms with Gasteiger partial charge in [0.05, 0.1) is 5.69 Å². The van der Waals surface area contributed by atoms with Crippen LogP contribution >= 0.6 is 0 Å². The molecule has 1 heterocycles. The van der Waals surface area contributed by atoms with Gasteiger partial charge in [-0.25, -0.2) is 0 Å². The standard InChI is InChI=1S/C16H17N/c1-2-4-14-13(3-1)16-8-10-5-11(9-16)7-12(6-10)15(16)17-14/h1-4,10-12H,5-9H2/t10-,11+,12?,16?. The Hall–Kier alpha value is -1.11. The molecule has 1 aromatic carbocycles. The molecule has 1 nitrogen and oxygen atoms in total. The summed E-state index contributed by atoms with van der Waals surface area (Å²) in [6.07, 6.45) is 7.18. The van der Waals surface area contributed by atoms with Crippen LogP contribution in [0.1, 0.15) is 37.7 Å². The fourth-order valence-electron chi connectivity index (χ4n) is 5.45. The number of para-hydroxylation sites is 1. The van der Waals surface area contributed by atoms with Crippen LogP contribution in [0.5, 0.6) is 0 Å². The van der Waals surface area contributed by atoms with Gasteiger partial charge in [-0.15, -0.1) is 0 Å². The van der Waals surface area contributed by atoms with Crippen molar-refractivity contribution in [2.24, 2.45) is 22.7 Å². The van der Waals surface area contributed by atoms with E-state index in [9.17, 15) is 0 Å². The lowest BCUT2D eigenvalue weighted by Crippen LogP contribution is -2.54. The second-order valence-corrected chi connectivity index (χ2v) is 6.64. The monoisotopic (exact) mass is 223 g/mol. The Morgan fingerprint density at radius 1 is 1.00 bits per heavy atom. The van der Waals surface area contributed by atoms with Crippen LogP contribution in [0.2, 0.25) is 0 Å². The molecule has 86 valence electrons. The van der Waals surface area contributed by atoms with Crippen LogP contribution in [0.4, 0.5) is 5.69 Å². The summed E-state index contributed by atoms with van der Waals surface area (Å²) in [5.74, 6) is 2.82. The number of aliphatic imine (C=N–C) groups is 1. The number of benzene rings is 1. The molecule has 4 fully saturated rings. The topological polar surface area (TPSA) is 12.4 Å². The summed E-state index contributed by atoms with van der Waals surface area (Å²) in [7, 11) is 0. The Labute approximate surface area is 102 Å². The summed E-state index contributed by atoms with van der Waals surface area (Å²) in [5, 5.41) is 0. The molecular formula is C16H17N. The van der Waals surface area contributed by atoms with Gasteiger partial charge in [0.2, 0.25) is 0 Å². The van der Waals surface area contributed by atoms with Gasteiger partial charge in [-0.3, -0.25) is 4.99 Å². The zero-order valence-electron chi connectivity index (χ0n) is 10.0. The smallest absolute Gasteiger partial charge is 0.0671 e. The van der Waals surface area contributed by atoms with E-state index in [4.69, 9.17) is 4.99 Å². The molecular weight excluding hydrogens is 206 g/mol. The van der Waals surface area contributed by atoms with Crippen molar-refractivity contribution in [3.63, 3.8) is 0 Å². The number of hydrogen-bond acceptors (Lipinski definition) is 1. The van der Waals surface area contributed by atoms with Gasteiger partial charge in [0.1, 0.15) is 0 Å². The van der Waals surface area contributed by atoms with Crippen molar-refractivity contribution in [1.82, 2.24) is 0 Å². The number of nitrogens with zero attached hydrogens (tertiary/aromatic N) is 1. The van der Waals surface area contributed by atoms with Gasteiger partial charge in [-0.2, -0.15) is 0 Å². The molecule has 17 heavy (non-hydrogen) atoms. The fourth-order valence-corrected chi connectivity index (χ4v) is 5.45. The molecule has 0 aromatic heterocycles. The van der Waals surface area contributed by atoms with Crippen molar-refractivity contribution < 1.29 is 0 Å². The Kier molecular flexibility index (Phi) is 1.39. The first-order chi connectivity index (χ1) is 8.35. The highest BCUT2D eigenvalue weighted by molar-refractivity contribution is 6.04. The van der Waals surface area contributed by atoms with Gasteiger partial charge in [0.15, 0.2) is 0 Å². The van der Waals surface area contributed by atoms with E-state index in [-0.39, 0.29) is 0 Å². The van der Waals surface area contributed by atoms with Gasteiger partial charge in [-0.1, -0.05) is 18.2 Å². The van der Waals surface area contributed by atoms with Crippen molar-refractivity contribution in [3.05, 3.63) is 29.8 Å². The van der Waals surface area contributed by atoms with E-state index in [0.29, 0.717) is 5.41 Å². The molecule has 4 atom stereocenters. The molecule has 1 aromatic rings.